The molecule has 0 rings (SSSR count). The van der Waals surface area contributed by atoms with Crippen molar-refractivity contribution in [1.82, 2.24) is 0 Å². The molecule has 0 aliphatic heterocycles. The van der Waals surface area contributed by atoms with Gasteiger partial charge in [-0.1, -0.05) is 0 Å². The second-order valence-corrected chi connectivity index (χ2v) is 0. The molecular weight excluding hydrogens is 136 g/mol. The van der Waals surface area contributed by atoms with Crippen LogP contribution >= 0.6 is 0 Å². The average molecular weight is 150 g/mol. The van der Waals surface area contributed by atoms with Crippen LogP contribution in [0.5, 0.6) is 0 Å². The van der Waals surface area contributed by atoms with Gasteiger partial charge in [0, 0.05) is 23.1 Å². The van der Waals surface area contributed by atoms with E-state index in [1.807, 2.05) is 0 Å². The van der Waals surface area contributed by atoms with Crippen molar-refractivity contribution in [3.8, 4) is 0 Å². The fourth-order valence-electron chi connectivity index (χ4n) is 0. The van der Waals surface area contributed by atoms with Crippen molar-refractivity contribution in [2.24, 2.45) is 0 Å². The van der Waals surface area contributed by atoms with E-state index in [2.05, 4.69) is 0 Å². The molecule has 8 heteroatoms. The molecule has 8 heavy (non-hydrogen) atoms. The van der Waals surface area contributed by atoms with Crippen LogP contribution in [-0.2, 0) is 0 Å². The van der Waals surface area contributed by atoms with Gasteiger partial charge in [-0.05, 0) is 0 Å². The van der Waals surface area contributed by atoms with E-state index in [0.717, 1.165) is 0 Å². The highest BCUT2D eigenvalue weighted by atomic mass is 24.3. The van der Waals surface area contributed by atoms with Crippen molar-refractivity contribution in [3.63, 3.8) is 0 Å². The van der Waals surface area contributed by atoms with Crippen LogP contribution < -0.4 is 0 Å². The first kappa shape index (κ1) is 2010. The van der Waals surface area contributed by atoms with Gasteiger partial charge in [0.1, 0.15) is 0 Å². The molecule has 0 aliphatic carbocycles. The first-order valence-corrected chi connectivity index (χ1v) is 0. The summed E-state index contributed by atoms with van der Waals surface area (Å²) in [6, 6.07) is 0. The standard InChI is InChI=1S/Mg.7H2O/h;7*1H2. The zero-order valence-electron chi connectivity index (χ0n) is 4.21. The van der Waals surface area contributed by atoms with Gasteiger partial charge in [-0.3, -0.25) is 0 Å². The van der Waals surface area contributed by atoms with Crippen LogP contribution in [0.15, 0.2) is 0 Å². The fraction of sp³-hybridized carbons (Fsp3) is 0. The molecule has 0 aromatic carbocycles. The van der Waals surface area contributed by atoms with Gasteiger partial charge in [0.25, 0.3) is 0 Å². The molecule has 0 aliphatic rings. The van der Waals surface area contributed by atoms with E-state index >= 15 is 0 Å². The Labute approximate surface area is 62.0 Å². The molecule has 2 radical (unpaired) electrons. The van der Waals surface area contributed by atoms with Crippen molar-refractivity contribution in [2.45, 2.75) is 0 Å². The second-order valence-electron chi connectivity index (χ2n) is 0. The van der Waals surface area contributed by atoms with Crippen LogP contribution in [-0.4, -0.2) is 61.4 Å². The SMILES string of the molecule is O.O.O.O.O.O.O.[Mg]. The van der Waals surface area contributed by atoms with E-state index in [1.165, 1.54) is 0 Å². The largest absolute Gasteiger partial charge is 0.412 e. The van der Waals surface area contributed by atoms with Crippen molar-refractivity contribution >= 4 is 23.1 Å². The molecule has 0 heterocycles. The molecule has 0 fully saturated rings. The maximum absolute atomic E-state index is 0. The van der Waals surface area contributed by atoms with Gasteiger partial charge >= 0.3 is 0 Å². The molecule has 0 unspecified atom stereocenters. The number of hydrogen-bond donors (Lipinski definition) is 0. The lowest BCUT2D eigenvalue weighted by Crippen LogP contribution is -0.381. The van der Waals surface area contributed by atoms with Crippen LogP contribution in [0.4, 0.5) is 0 Å². The van der Waals surface area contributed by atoms with E-state index in [9.17, 15) is 0 Å². The summed E-state index contributed by atoms with van der Waals surface area (Å²) in [5.74, 6) is 0. The highest BCUT2D eigenvalue weighted by molar-refractivity contribution is 5.75. The predicted molar refractivity (Wildman–Crippen MR) is 31.1 cm³/mol. The Bertz CT molecular complexity index is 4.35. The minimum Gasteiger partial charge on any atom is -0.412 e. The molecule has 14 N–H and O–H groups in total. The third-order valence-corrected chi connectivity index (χ3v) is 0. The van der Waals surface area contributed by atoms with Crippen molar-refractivity contribution in [3.05, 3.63) is 0 Å². The highest BCUT2D eigenvalue weighted by Gasteiger charge is 0.0000173. The highest BCUT2D eigenvalue weighted by Crippen LogP contribution is -0.283. The molecule has 0 aromatic rings. The zero-order valence-corrected chi connectivity index (χ0v) is 5.62. The monoisotopic (exact) mass is 150 g/mol. The average Bonchev–Trinajstić information content (AvgIpc) is 0. The summed E-state index contributed by atoms with van der Waals surface area (Å²) in [4.78, 5) is 0. The predicted octanol–water partition coefficient (Wildman–Crippen LogP) is -6.15. The summed E-state index contributed by atoms with van der Waals surface area (Å²) in [6.45, 7) is 0. The minimum atomic E-state index is 0. The quantitative estimate of drug-likeness (QED) is 0.294. The minimum absolute atomic E-state index is 0. The third kappa shape index (κ3) is 826. The lowest BCUT2D eigenvalue weighted by atomic mass is 16.0. The van der Waals surface area contributed by atoms with E-state index in [-0.39, 0.29) is 61.4 Å². The smallest absolute Gasteiger partial charge is 0 e. The molecule has 0 aromatic heterocycles. The van der Waals surface area contributed by atoms with Gasteiger partial charge in [0.05, 0.1) is 0 Å². The van der Waals surface area contributed by atoms with E-state index in [1.54, 1.807) is 0 Å². The second kappa shape index (κ2) is 1330. The number of rotatable bonds is 0. The lowest BCUT2D eigenvalue weighted by molar-refractivity contribution is 0.823. The Morgan fingerprint density at radius 1 is 0.250 bits per heavy atom. The summed E-state index contributed by atoms with van der Waals surface area (Å²) >= 11 is 0. The van der Waals surface area contributed by atoms with Crippen LogP contribution in [0.1, 0.15) is 0 Å². The van der Waals surface area contributed by atoms with Crippen molar-refractivity contribution in [1.29, 1.82) is 0 Å². The lowest BCUT2D eigenvalue weighted by Gasteiger charge is -0.413. The number of hydrogen-bond acceptors (Lipinski definition) is 0. The maximum atomic E-state index is 0. The molecule has 7 nitrogen and oxygen atoms in total. The zero-order chi connectivity index (χ0) is 0. The van der Waals surface area contributed by atoms with Crippen LogP contribution in [0.3, 0.4) is 0 Å². The van der Waals surface area contributed by atoms with Gasteiger partial charge < -0.3 is 38.3 Å². The van der Waals surface area contributed by atoms with E-state index in [4.69, 9.17) is 0 Å². The molecule has 58 valence electrons. The summed E-state index contributed by atoms with van der Waals surface area (Å²) in [6.07, 6.45) is 0. The molecular formula is H14MgO7. The molecule has 0 saturated carbocycles. The summed E-state index contributed by atoms with van der Waals surface area (Å²) in [7, 11) is 0. The van der Waals surface area contributed by atoms with E-state index in [0.29, 0.717) is 0 Å². The Morgan fingerprint density at radius 2 is 0.250 bits per heavy atom. The summed E-state index contributed by atoms with van der Waals surface area (Å²) < 4.78 is 0. The van der Waals surface area contributed by atoms with Gasteiger partial charge in [0.15, 0.2) is 0 Å². The molecule has 0 spiro atoms. The maximum Gasteiger partial charge on any atom is 0 e. The van der Waals surface area contributed by atoms with Crippen LogP contribution in [0.2, 0.25) is 0 Å². The van der Waals surface area contributed by atoms with Gasteiger partial charge in [-0.2, -0.15) is 0 Å². The summed E-state index contributed by atoms with van der Waals surface area (Å²) in [5, 5.41) is 0. The summed E-state index contributed by atoms with van der Waals surface area (Å²) in [5.41, 5.74) is 0. The first-order valence-electron chi connectivity index (χ1n) is 0. The van der Waals surface area contributed by atoms with Crippen LogP contribution in [0, 0.1) is 0 Å². The fourth-order valence-corrected chi connectivity index (χ4v) is 0. The Morgan fingerprint density at radius 3 is 0.250 bits per heavy atom. The van der Waals surface area contributed by atoms with Crippen LogP contribution in [0.25, 0.3) is 0 Å². The van der Waals surface area contributed by atoms with Gasteiger partial charge in [0.2, 0.25) is 0 Å². The topological polar surface area (TPSA) is 220 Å². The molecule has 0 saturated heterocycles. The molecule has 0 atom stereocenters. The van der Waals surface area contributed by atoms with Crippen molar-refractivity contribution in [2.75, 3.05) is 0 Å². The third-order valence-electron chi connectivity index (χ3n) is 0. The van der Waals surface area contributed by atoms with Gasteiger partial charge in [-0.25, -0.2) is 0 Å². The molecule has 0 amide bonds. The molecule has 0 bridgehead atoms. The Kier molecular flexibility index (Phi) is 335000. The normalized spacial score (nSPS) is 0. The Balaban J connectivity index is 0. The Hall–Kier alpha value is 0.486. The van der Waals surface area contributed by atoms with E-state index < -0.39 is 0 Å². The van der Waals surface area contributed by atoms with Crippen molar-refractivity contribution < 1.29 is 38.3 Å². The van der Waals surface area contributed by atoms with Gasteiger partial charge in [-0.15, -0.1) is 0 Å². The first-order chi connectivity index (χ1) is 0.